The van der Waals surface area contributed by atoms with E-state index in [9.17, 15) is 9.59 Å². The molecule has 794 valence electrons. The average molecular weight is 1920 g/mol. The molecule has 138 heavy (non-hydrogen) atoms. The summed E-state index contributed by atoms with van der Waals surface area (Å²) in [5, 5.41) is 0. The molecule has 0 spiro atoms. The molecule has 0 bridgehead atoms. The first-order valence-corrected chi connectivity index (χ1v) is 60.6. The minimum absolute atomic E-state index is 0.301. The number of hydrogen-bond donors (Lipinski definition) is 0. The average Bonchev–Trinajstić information content (AvgIpc) is 0.811. The Balaban J connectivity index is 2.27. The smallest absolute Gasteiger partial charge is 0.330 e. The molecule has 0 aliphatic rings. The Morgan fingerprint density at radius 1 is 0.159 bits per heavy atom. The molecule has 0 saturated heterocycles. The van der Waals surface area contributed by atoms with Gasteiger partial charge in [0.15, 0.2) is 0 Å². The highest BCUT2D eigenvalue weighted by Gasteiger charge is 2.18. The van der Waals surface area contributed by atoms with E-state index in [1.54, 1.807) is 0 Å². The van der Waals surface area contributed by atoms with E-state index in [0.717, 1.165) is 145 Å². The number of unbranched alkanes of at least 4 members (excludes halogenated alkanes) is 78. The molecule has 3 rings (SSSR count). The molecular weight excluding hydrogens is 1700 g/mol. The van der Waals surface area contributed by atoms with Crippen LogP contribution in [0.15, 0.2) is 48.6 Å². The minimum atomic E-state index is -0.377. The van der Waals surface area contributed by atoms with E-state index in [1.165, 1.54) is 474 Å². The van der Waals surface area contributed by atoms with E-state index in [0.29, 0.717) is 52.9 Å². The highest BCUT2D eigenvalue weighted by atomic mass is 16.5. The normalized spacial score (nSPS) is 11.8. The van der Waals surface area contributed by atoms with Crippen LogP contribution in [0.25, 0.3) is 36.5 Å². The predicted octanol–water partition coefficient (Wildman–Crippen LogP) is 42.3. The number of ether oxygens (including phenoxy) is 8. The lowest BCUT2D eigenvalue weighted by molar-refractivity contribution is -0.138. The van der Waals surface area contributed by atoms with Crippen molar-refractivity contribution in [3.63, 3.8) is 0 Å². The van der Waals surface area contributed by atoms with Crippen molar-refractivity contribution in [3.8, 4) is 34.5 Å². The maximum atomic E-state index is 13.2. The van der Waals surface area contributed by atoms with Gasteiger partial charge in [0.25, 0.3) is 0 Å². The van der Waals surface area contributed by atoms with Gasteiger partial charge in [0.2, 0.25) is 0 Å². The van der Waals surface area contributed by atoms with Gasteiger partial charge in [-0.3, -0.25) is 0 Å². The van der Waals surface area contributed by atoms with Crippen LogP contribution < -0.4 is 28.4 Å². The first kappa shape index (κ1) is 127. The predicted molar refractivity (Wildman–Crippen MR) is 603 cm³/mol. The zero-order chi connectivity index (χ0) is 98.7. The van der Waals surface area contributed by atoms with Crippen LogP contribution >= 0.6 is 0 Å². The zero-order valence-electron chi connectivity index (χ0n) is 92.2. The van der Waals surface area contributed by atoms with Crippen molar-refractivity contribution in [1.29, 1.82) is 0 Å². The van der Waals surface area contributed by atoms with Crippen molar-refractivity contribution in [2.45, 2.75) is 595 Å². The Morgan fingerprint density at radius 3 is 0.384 bits per heavy atom. The lowest BCUT2D eigenvalue weighted by Gasteiger charge is -2.17. The third-order valence-corrected chi connectivity index (χ3v) is 28.2. The van der Waals surface area contributed by atoms with Gasteiger partial charge in [-0.1, -0.05) is 567 Å². The molecule has 3 aromatic carbocycles. The Hall–Kier alpha value is -5.64. The molecule has 0 radical (unpaired) electrons. The molecule has 0 heterocycles. The summed E-state index contributed by atoms with van der Waals surface area (Å²) in [7, 11) is 0. The Labute approximate surface area is 854 Å². The van der Waals surface area contributed by atoms with Crippen molar-refractivity contribution < 1.29 is 47.5 Å². The summed E-state index contributed by atoms with van der Waals surface area (Å²) in [6, 6.07) is 12.9. The van der Waals surface area contributed by atoms with Gasteiger partial charge in [-0.15, -0.1) is 0 Å². The Kier molecular flexibility index (Phi) is 90.5. The fraction of sp³-hybridized carbons (Fsp3) is 0.781. The standard InChI is InChI=1S/C128H222O10/c1-9-17-23-29-35-41-47-53-59-65-71-77-83-89-103-133-121-109-116(96-98-118-112-126(138-108-94-88-82-76-70-64-58-52-46-40-34-28-22-14-6)120(100-102-128(130)132-16-8)114-124(118)136-106-92-86-80-74-68-62-56-50-44-38-32-26-20-12-4)122(134-104-90-84-78-72-66-60-54-48-42-36-30-24-18-10-2)110-115(121)95-97-117-111-125(137-107-93-87-81-75-69-63-57-51-45-39-33-27-21-13-5)119(99-101-127(129)131-15-7)113-123(117)135-105-91-85-79-73-67-61-55-49-43-37-31-25-19-11-3/h95-102,109-114H,9-94,103-108H2,1-8H3/b97-95+,98-96+,101-99+,102-100+. The second-order valence-electron chi connectivity index (χ2n) is 41.3. The molecule has 10 heteroatoms. The van der Waals surface area contributed by atoms with Gasteiger partial charge >= 0.3 is 11.9 Å². The number of carbonyl (C=O) groups excluding carboxylic acids is 2. The molecule has 0 amide bonds. The van der Waals surface area contributed by atoms with Gasteiger partial charge in [0, 0.05) is 45.5 Å². The highest BCUT2D eigenvalue weighted by Crippen LogP contribution is 2.39. The van der Waals surface area contributed by atoms with Crippen molar-refractivity contribution in [2.24, 2.45) is 0 Å². The van der Waals surface area contributed by atoms with Crippen molar-refractivity contribution in [2.75, 3.05) is 52.9 Å². The molecule has 0 atom stereocenters. The largest absolute Gasteiger partial charge is 0.493 e. The maximum absolute atomic E-state index is 13.2. The van der Waals surface area contributed by atoms with Crippen molar-refractivity contribution in [1.82, 2.24) is 0 Å². The molecular formula is C128H222O10. The van der Waals surface area contributed by atoms with Crippen LogP contribution in [0, 0.1) is 0 Å². The minimum Gasteiger partial charge on any atom is -0.493 e. The van der Waals surface area contributed by atoms with E-state index in [2.05, 4.69) is 102 Å². The van der Waals surface area contributed by atoms with Crippen LogP contribution in [-0.2, 0) is 19.1 Å². The molecule has 0 aliphatic carbocycles. The molecule has 0 saturated carbocycles. The number of esters is 2. The number of carbonyl (C=O) groups is 2. The topological polar surface area (TPSA) is 108 Å². The lowest BCUT2D eigenvalue weighted by Crippen LogP contribution is -2.04. The third kappa shape index (κ3) is 75.2. The van der Waals surface area contributed by atoms with E-state index in [4.69, 9.17) is 37.9 Å². The van der Waals surface area contributed by atoms with Gasteiger partial charge in [0.1, 0.15) is 34.5 Å². The fourth-order valence-corrected chi connectivity index (χ4v) is 19.2. The Morgan fingerprint density at radius 2 is 0.268 bits per heavy atom. The van der Waals surface area contributed by atoms with Crippen molar-refractivity contribution in [3.05, 3.63) is 81.9 Å². The molecule has 0 aliphatic heterocycles. The lowest BCUT2D eigenvalue weighted by atomic mass is 10.0. The van der Waals surface area contributed by atoms with Gasteiger partial charge in [0.05, 0.1) is 52.9 Å². The summed E-state index contributed by atoms with van der Waals surface area (Å²) in [5.74, 6) is 3.77. The van der Waals surface area contributed by atoms with Gasteiger partial charge in [-0.2, -0.15) is 0 Å². The number of hydrogen-bond acceptors (Lipinski definition) is 10. The van der Waals surface area contributed by atoms with Crippen LogP contribution in [0.3, 0.4) is 0 Å². The number of rotatable bonds is 106. The Bertz CT molecular complexity index is 3090. The quantitative estimate of drug-likeness (QED) is 0.0235. The molecule has 10 nitrogen and oxygen atoms in total. The van der Waals surface area contributed by atoms with Crippen LogP contribution in [-0.4, -0.2) is 64.8 Å². The monoisotopic (exact) mass is 1920 g/mol. The number of benzene rings is 3. The fourth-order valence-electron chi connectivity index (χ4n) is 19.2. The zero-order valence-corrected chi connectivity index (χ0v) is 92.2. The maximum Gasteiger partial charge on any atom is 0.330 e. The third-order valence-electron chi connectivity index (χ3n) is 28.2. The van der Waals surface area contributed by atoms with Crippen LogP contribution in [0.1, 0.15) is 628 Å². The van der Waals surface area contributed by atoms with E-state index in [1.807, 2.05) is 26.0 Å². The van der Waals surface area contributed by atoms with Gasteiger partial charge in [-0.05, 0) is 101 Å². The van der Waals surface area contributed by atoms with Crippen LogP contribution in [0.5, 0.6) is 34.5 Å². The second-order valence-corrected chi connectivity index (χ2v) is 41.3. The molecule has 3 aromatic rings. The van der Waals surface area contributed by atoms with Gasteiger partial charge in [-0.25, -0.2) is 9.59 Å². The van der Waals surface area contributed by atoms with E-state index < -0.39 is 0 Å². The summed E-state index contributed by atoms with van der Waals surface area (Å²) in [6.07, 6.45) is 124. The molecule has 0 aromatic heterocycles. The summed E-state index contributed by atoms with van der Waals surface area (Å²) < 4.78 is 53.1. The highest BCUT2D eigenvalue weighted by molar-refractivity contribution is 5.89. The molecule has 0 N–H and O–H groups in total. The molecule has 0 fully saturated rings. The van der Waals surface area contributed by atoms with Crippen LogP contribution in [0.4, 0.5) is 0 Å². The summed E-state index contributed by atoms with van der Waals surface area (Å²) >= 11 is 0. The first-order chi connectivity index (χ1) is 68.2. The van der Waals surface area contributed by atoms with E-state index >= 15 is 0 Å². The second kappa shape index (κ2) is 98.7. The van der Waals surface area contributed by atoms with Crippen molar-refractivity contribution >= 4 is 48.4 Å². The summed E-state index contributed by atoms with van der Waals surface area (Å²) in [5.41, 5.74) is 5.25. The molecule has 0 unspecified atom stereocenters. The van der Waals surface area contributed by atoms with Gasteiger partial charge < -0.3 is 37.9 Å². The SMILES string of the molecule is CCCCCCCCCCCCCCCCOc1cc(/C=C/c2cc(OCCCCCCCCCCCCCCCC)c(/C=C/c3cc(OCCCCCCCCCCCCCCCC)c(/C=C/C(=O)OCC)cc3OCCCCCCCCCCCCCCCC)cc2OCCCCCCCCCCCCCCCC)c(OCCCCCCCCCCCCCCCC)cc1/C=C/C(=O)OCC. The first-order valence-electron chi connectivity index (χ1n) is 60.6. The summed E-state index contributed by atoms with van der Waals surface area (Å²) in [6.45, 7) is 21.6. The van der Waals surface area contributed by atoms with Crippen LogP contribution in [0.2, 0.25) is 0 Å². The summed E-state index contributed by atoms with van der Waals surface area (Å²) in [4.78, 5) is 26.4. The van der Waals surface area contributed by atoms with E-state index in [-0.39, 0.29) is 11.9 Å².